The van der Waals surface area contributed by atoms with Crippen LogP contribution in [0.15, 0.2) is 46.9 Å². The van der Waals surface area contributed by atoms with Gasteiger partial charge in [-0.25, -0.2) is 0 Å². The van der Waals surface area contributed by atoms with Crippen molar-refractivity contribution in [1.29, 1.82) is 0 Å². The van der Waals surface area contributed by atoms with E-state index in [4.69, 9.17) is 0 Å². The van der Waals surface area contributed by atoms with Crippen molar-refractivity contribution in [2.75, 3.05) is 5.32 Å². The molecule has 0 spiro atoms. The van der Waals surface area contributed by atoms with Gasteiger partial charge in [0, 0.05) is 12.1 Å². The third-order valence-corrected chi connectivity index (χ3v) is 6.25. The van der Waals surface area contributed by atoms with E-state index >= 15 is 0 Å². The third kappa shape index (κ3) is 3.78. The number of carbonyl (C=O) groups is 1. The van der Waals surface area contributed by atoms with Gasteiger partial charge in [0.25, 0.3) is 5.69 Å². The largest absolute Gasteiger partial charge is 0.319 e. The van der Waals surface area contributed by atoms with Crippen LogP contribution in [0.25, 0.3) is 10.7 Å². The number of carbonyl (C=O) groups excluding carboxylic acids is 1. The van der Waals surface area contributed by atoms with Gasteiger partial charge in [0.05, 0.1) is 15.1 Å². The lowest BCUT2D eigenvalue weighted by Gasteiger charge is -2.13. The molecule has 0 saturated heterocycles. The van der Waals surface area contributed by atoms with Crippen LogP contribution in [0.5, 0.6) is 0 Å². The van der Waals surface area contributed by atoms with E-state index in [0.717, 1.165) is 23.5 Å². The molecule has 0 bridgehead atoms. The van der Waals surface area contributed by atoms with Crippen LogP contribution in [0, 0.1) is 10.1 Å². The fourth-order valence-electron chi connectivity index (χ4n) is 2.78. The molecule has 8 nitrogen and oxygen atoms in total. The predicted octanol–water partition coefficient (Wildman–Crippen LogP) is 4.37. The van der Waals surface area contributed by atoms with Gasteiger partial charge in [0.2, 0.25) is 5.91 Å². The Bertz CT molecular complexity index is 1010. The number of para-hydroxylation sites is 2. The molecule has 3 aromatic rings. The molecule has 1 fully saturated rings. The number of nitro benzene ring substituents is 1. The van der Waals surface area contributed by atoms with E-state index in [-0.39, 0.29) is 17.3 Å². The maximum atomic E-state index is 12.6. The lowest BCUT2D eigenvalue weighted by molar-refractivity contribution is -0.383. The summed E-state index contributed by atoms with van der Waals surface area (Å²) in [6.07, 6.45) is 2.14. The monoisotopic (exact) mass is 415 g/mol. The number of anilines is 1. The maximum Gasteiger partial charge on any atom is 0.292 e. The van der Waals surface area contributed by atoms with Crippen LogP contribution in [0.1, 0.15) is 25.8 Å². The normalized spacial score (nSPS) is 14.6. The first-order valence-electron chi connectivity index (χ1n) is 8.74. The molecule has 1 saturated carbocycles. The summed E-state index contributed by atoms with van der Waals surface area (Å²) in [5.41, 5.74) is 0.0575. The smallest absolute Gasteiger partial charge is 0.292 e. The number of nitro groups is 1. The molecule has 10 heteroatoms. The summed E-state index contributed by atoms with van der Waals surface area (Å²) >= 11 is 2.91. The molecular weight excluding hydrogens is 398 g/mol. The van der Waals surface area contributed by atoms with Gasteiger partial charge < -0.3 is 5.32 Å². The standard InChI is InChI=1S/C18H17N5O3S2/c1-11(17(24)19-13-5-2-3-6-14(13)23(25)26)28-18-21-20-16(15-7-4-10-27-15)22(18)12-8-9-12/h2-7,10-12H,8-9H2,1H3,(H,19,24)/t11-/m1/s1. The molecule has 2 heterocycles. The van der Waals surface area contributed by atoms with E-state index in [9.17, 15) is 14.9 Å². The molecule has 1 aromatic carbocycles. The first-order chi connectivity index (χ1) is 13.5. The third-order valence-electron chi connectivity index (χ3n) is 4.33. The van der Waals surface area contributed by atoms with Crippen molar-refractivity contribution in [2.45, 2.75) is 36.2 Å². The Kier molecular flexibility index (Phi) is 5.14. The van der Waals surface area contributed by atoms with Crippen LogP contribution < -0.4 is 5.32 Å². The highest BCUT2D eigenvalue weighted by Gasteiger charge is 2.32. The lowest BCUT2D eigenvalue weighted by Crippen LogP contribution is -2.23. The lowest BCUT2D eigenvalue weighted by atomic mass is 10.2. The van der Waals surface area contributed by atoms with Gasteiger partial charge >= 0.3 is 0 Å². The number of thioether (sulfide) groups is 1. The van der Waals surface area contributed by atoms with E-state index in [1.807, 2.05) is 17.5 Å². The van der Waals surface area contributed by atoms with E-state index in [1.165, 1.54) is 23.9 Å². The fraction of sp³-hybridized carbons (Fsp3) is 0.278. The minimum Gasteiger partial charge on any atom is -0.319 e. The van der Waals surface area contributed by atoms with E-state index in [2.05, 4.69) is 20.1 Å². The number of nitrogens with zero attached hydrogens (tertiary/aromatic N) is 4. The molecule has 1 atom stereocenters. The molecule has 28 heavy (non-hydrogen) atoms. The number of hydrogen-bond acceptors (Lipinski definition) is 7. The van der Waals surface area contributed by atoms with Crippen molar-refractivity contribution in [3.05, 3.63) is 51.9 Å². The summed E-state index contributed by atoms with van der Waals surface area (Å²) in [5, 5.41) is 24.6. The summed E-state index contributed by atoms with van der Waals surface area (Å²) in [7, 11) is 0. The first kappa shape index (κ1) is 18.6. The molecule has 4 rings (SSSR count). The number of rotatable bonds is 7. The molecule has 1 amide bonds. The second-order valence-corrected chi connectivity index (χ2v) is 8.66. The van der Waals surface area contributed by atoms with Crippen LogP contribution in [-0.4, -0.2) is 30.8 Å². The number of aromatic nitrogens is 3. The second kappa shape index (κ2) is 7.72. The summed E-state index contributed by atoms with van der Waals surface area (Å²) < 4.78 is 2.10. The van der Waals surface area contributed by atoms with Crippen molar-refractivity contribution < 1.29 is 9.72 Å². The Hall–Kier alpha value is -2.72. The zero-order valence-corrected chi connectivity index (χ0v) is 16.6. The number of hydrogen-bond donors (Lipinski definition) is 1. The Labute approximate surface area is 169 Å². The first-order valence-corrected chi connectivity index (χ1v) is 10.5. The second-order valence-electron chi connectivity index (χ2n) is 6.41. The SMILES string of the molecule is C[C@@H](Sc1nnc(-c2cccs2)n1C1CC1)C(=O)Nc1ccccc1[N+](=O)[O-]. The molecule has 144 valence electrons. The Morgan fingerprint density at radius 2 is 2.11 bits per heavy atom. The molecule has 0 unspecified atom stereocenters. The summed E-state index contributed by atoms with van der Waals surface area (Å²) in [6, 6.07) is 10.4. The van der Waals surface area contributed by atoms with Gasteiger partial charge in [-0.3, -0.25) is 19.5 Å². The average Bonchev–Trinajstić information content (AvgIpc) is 3.20. The van der Waals surface area contributed by atoms with Gasteiger partial charge in [-0.1, -0.05) is 30.0 Å². The Morgan fingerprint density at radius 3 is 2.79 bits per heavy atom. The summed E-state index contributed by atoms with van der Waals surface area (Å²) in [4.78, 5) is 24.3. The van der Waals surface area contributed by atoms with Gasteiger partial charge in [-0.05, 0) is 37.3 Å². The van der Waals surface area contributed by atoms with Gasteiger partial charge in [0.1, 0.15) is 5.69 Å². The number of thiophene rings is 1. The average molecular weight is 416 g/mol. The molecule has 2 aromatic heterocycles. The van der Waals surface area contributed by atoms with Gasteiger partial charge in [-0.15, -0.1) is 21.5 Å². The summed E-state index contributed by atoms with van der Waals surface area (Å²) in [6.45, 7) is 1.76. The molecular formula is C18H17N5O3S2. The zero-order valence-electron chi connectivity index (χ0n) is 14.9. The van der Waals surface area contributed by atoms with Gasteiger partial charge in [0.15, 0.2) is 11.0 Å². The van der Waals surface area contributed by atoms with E-state index < -0.39 is 10.2 Å². The Balaban J connectivity index is 1.52. The van der Waals surface area contributed by atoms with Crippen LogP contribution in [0.4, 0.5) is 11.4 Å². The highest BCUT2D eigenvalue weighted by atomic mass is 32.2. The van der Waals surface area contributed by atoms with Crippen molar-refractivity contribution in [3.8, 4) is 10.7 Å². The quantitative estimate of drug-likeness (QED) is 0.349. The van der Waals surface area contributed by atoms with Crippen molar-refractivity contribution in [3.63, 3.8) is 0 Å². The fourth-order valence-corrected chi connectivity index (χ4v) is 4.40. The minimum atomic E-state index is -0.509. The van der Waals surface area contributed by atoms with Crippen LogP contribution >= 0.6 is 23.1 Å². The van der Waals surface area contributed by atoms with Crippen molar-refractivity contribution >= 4 is 40.4 Å². The predicted molar refractivity (Wildman–Crippen MR) is 109 cm³/mol. The van der Waals surface area contributed by atoms with E-state index in [1.54, 1.807) is 30.4 Å². The topological polar surface area (TPSA) is 103 Å². The Morgan fingerprint density at radius 1 is 1.32 bits per heavy atom. The molecule has 1 aliphatic rings. The van der Waals surface area contributed by atoms with Gasteiger partial charge in [-0.2, -0.15) is 0 Å². The van der Waals surface area contributed by atoms with Crippen molar-refractivity contribution in [1.82, 2.24) is 14.8 Å². The van der Waals surface area contributed by atoms with Crippen LogP contribution in [0.2, 0.25) is 0 Å². The molecule has 0 aliphatic heterocycles. The van der Waals surface area contributed by atoms with E-state index in [0.29, 0.717) is 11.2 Å². The number of amides is 1. The van der Waals surface area contributed by atoms with Crippen LogP contribution in [0.3, 0.4) is 0 Å². The zero-order chi connectivity index (χ0) is 19.7. The highest BCUT2D eigenvalue weighted by Crippen LogP contribution is 2.42. The molecule has 0 radical (unpaired) electrons. The van der Waals surface area contributed by atoms with Crippen LogP contribution in [-0.2, 0) is 4.79 Å². The van der Waals surface area contributed by atoms with Crippen molar-refractivity contribution in [2.24, 2.45) is 0 Å². The maximum absolute atomic E-state index is 12.6. The molecule has 1 aliphatic carbocycles. The highest BCUT2D eigenvalue weighted by molar-refractivity contribution is 8.00. The summed E-state index contributed by atoms with van der Waals surface area (Å²) in [5.74, 6) is 0.508. The minimum absolute atomic E-state index is 0.130. The number of benzene rings is 1. The number of nitrogens with one attached hydrogen (secondary N) is 1. The molecule has 1 N–H and O–H groups in total.